The number of aromatic nitrogens is 3. The van der Waals surface area contributed by atoms with E-state index in [1.165, 1.54) is 5.56 Å². The third-order valence-corrected chi connectivity index (χ3v) is 3.06. The Morgan fingerprint density at radius 1 is 1.29 bits per heavy atom. The van der Waals surface area contributed by atoms with Crippen LogP contribution in [0.4, 0.5) is 0 Å². The molecule has 1 aromatic carbocycles. The van der Waals surface area contributed by atoms with E-state index in [1.807, 2.05) is 31.4 Å². The summed E-state index contributed by atoms with van der Waals surface area (Å²) < 4.78 is 1.70. The molecule has 1 heterocycles. The maximum absolute atomic E-state index is 6.21. The first-order chi connectivity index (χ1) is 8.16. The molecule has 0 aliphatic rings. The largest absolute Gasteiger partial charge is 0.327 e. The summed E-state index contributed by atoms with van der Waals surface area (Å²) in [6.07, 6.45) is 2.67. The molecule has 0 saturated carbocycles. The molecule has 0 amide bonds. The summed E-state index contributed by atoms with van der Waals surface area (Å²) in [7, 11) is 1.86. The van der Waals surface area contributed by atoms with Crippen LogP contribution in [0.1, 0.15) is 24.1 Å². The van der Waals surface area contributed by atoms with Gasteiger partial charge in [0.1, 0.15) is 0 Å². The van der Waals surface area contributed by atoms with Gasteiger partial charge in [0, 0.05) is 25.7 Å². The second-order valence-electron chi connectivity index (χ2n) is 4.45. The molecule has 1 aromatic heterocycles. The quantitative estimate of drug-likeness (QED) is 0.865. The van der Waals surface area contributed by atoms with Crippen molar-refractivity contribution in [3.05, 3.63) is 47.8 Å². The molecule has 2 unspecified atom stereocenters. The van der Waals surface area contributed by atoms with Crippen LogP contribution >= 0.6 is 0 Å². The molecule has 0 saturated heterocycles. The van der Waals surface area contributed by atoms with E-state index in [-0.39, 0.29) is 6.04 Å². The fourth-order valence-electron chi connectivity index (χ4n) is 1.91. The summed E-state index contributed by atoms with van der Waals surface area (Å²) in [4.78, 5) is 0. The van der Waals surface area contributed by atoms with Crippen molar-refractivity contribution in [3.63, 3.8) is 0 Å². The van der Waals surface area contributed by atoms with E-state index in [2.05, 4.69) is 29.4 Å². The van der Waals surface area contributed by atoms with Gasteiger partial charge in [0.2, 0.25) is 0 Å². The van der Waals surface area contributed by atoms with E-state index in [0.717, 1.165) is 12.1 Å². The van der Waals surface area contributed by atoms with Gasteiger partial charge < -0.3 is 5.73 Å². The van der Waals surface area contributed by atoms with Crippen molar-refractivity contribution in [3.8, 4) is 0 Å². The molecule has 4 nitrogen and oxygen atoms in total. The normalized spacial score (nSPS) is 14.5. The number of hydrogen-bond donors (Lipinski definition) is 1. The van der Waals surface area contributed by atoms with E-state index in [0.29, 0.717) is 5.92 Å². The van der Waals surface area contributed by atoms with E-state index >= 15 is 0 Å². The van der Waals surface area contributed by atoms with Crippen molar-refractivity contribution in [2.45, 2.75) is 25.3 Å². The highest BCUT2D eigenvalue weighted by molar-refractivity contribution is 5.21. The predicted octanol–water partition coefficient (Wildman–Crippen LogP) is 1.49. The van der Waals surface area contributed by atoms with Crippen molar-refractivity contribution in [2.24, 2.45) is 12.8 Å². The summed E-state index contributed by atoms with van der Waals surface area (Å²) in [5.41, 5.74) is 8.43. The Kier molecular flexibility index (Phi) is 3.54. The van der Waals surface area contributed by atoms with Crippen molar-refractivity contribution in [2.75, 3.05) is 0 Å². The lowest BCUT2D eigenvalue weighted by Crippen LogP contribution is -2.29. The Hall–Kier alpha value is -1.68. The first-order valence-electron chi connectivity index (χ1n) is 5.82. The highest BCUT2D eigenvalue weighted by atomic mass is 15.4. The van der Waals surface area contributed by atoms with Gasteiger partial charge in [0.05, 0.1) is 5.69 Å². The molecule has 4 heteroatoms. The molecule has 0 spiro atoms. The van der Waals surface area contributed by atoms with Gasteiger partial charge in [-0.3, -0.25) is 4.68 Å². The van der Waals surface area contributed by atoms with Gasteiger partial charge in [-0.05, 0) is 11.5 Å². The molecule has 2 atom stereocenters. The lowest BCUT2D eigenvalue weighted by molar-refractivity contribution is 0.557. The zero-order valence-electron chi connectivity index (χ0n) is 10.2. The Labute approximate surface area is 101 Å². The predicted molar refractivity (Wildman–Crippen MR) is 67.5 cm³/mol. The molecule has 0 aliphatic carbocycles. The minimum Gasteiger partial charge on any atom is -0.327 e. The van der Waals surface area contributed by atoms with Crippen molar-refractivity contribution < 1.29 is 0 Å². The highest BCUT2D eigenvalue weighted by Crippen LogP contribution is 2.19. The summed E-state index contributed by atoms with van der Waals surface area (Å²) in [6, 6.07) is 10.4. The number of nitrogens with zero attached hydrogens (tertiary/aromatic N) is 3. The van der Waals surface area contributed by atoms with E-state index < -0.39 is 0 Å². The number of hydrogen-bond acceptors (Lipinski definition) is 3. The van der Waals surface area contributed by atoms with Crippen LogP contribution in [0, 0.1) is 0 Å². The summed E-state index contributed by atoms with van der Waals surface area (Å²) in [6.45, 7) is 2.15. The van der Waals surface area contributed by atoms with Crippen molar-refractivity contribution >= 4 is 0 Å². The summed E-state index contributed by atoms with van der Waals surface area (Å²) in [5, 5.41) is 7.98. The Morgan fingerprint density at radius 3 is 2.59 bits per heavy atom. The van der Waals surface area contributed by atoms with Gasteiger partial charge in [0.25, 0.3) is 0 Å². The topological polar surface area (TPSA) is 56.7 Å². The molecule has 2 N–H and O–H groups in total. The highest BCUT2D eigenvalue weighted by Gasteiger charge is 2.16. The minimum atomic E-state index is 0.0640. The molecule has 2 rings (SSSR count). The van der Waals surface area contributed by atoms with Gasteiger partial charge in [0.15, 0.2) is 0 Å². The Balaban J connectivity index is 2.03. The standard InChI is InChI=1S/C13H18N4/c1-10(11-6-4-3-5-7-11)13(14)8-12-9-17(2)16-15-12/h3-7,9-10,13H,8,14H2,1-2H3. The molecule has 0 radical (unpaired) electrons. The Morgan fingerprint density at radius 2 is 2.00 bits per heavy atom. The van der Waals surface area contributed by atoms with Gasteiger partial charge in [-0.2, -0.15) is 0 Å². The van der Waals surface area contributed by atoms with Crippen molar-refractivity contribution in [1.29, 1.82) is 0 Å². The van der Waals surface area contributed by atoms with Crippen LogP contribution in [0.15, 0.2) is 36.5 Å². The molecule has 90 valence electrons. The summed E-state index contributed by atoms with van der Waals surface area (Å²) >= 11 is 0. The van der Waals surface area contributed by atoms with Crippen LogP contribution < -0.4 is 5.73 Å². The molecule has 0 bridgehead atoms. The van der Waals surface area contributed by atoms with Gasteiger partial charge in [-0.1, -0.05) is 42.5 Å². The van der Waals surface area contributed by atoms with Crippen LogP contribution in [-0.2, 0) is 13.5 Å². The molecule has 2 aromatic rings. The first-order valence-corrected chi connectivity index (χ1v) is 5.82. The SMILES string of the molecule is CC(c1ccccc1)C(N)Cc1cn(C)nn1. The van der Waals surface area contributed by atoms with E-state index in [1.54, 1.807) is 4.68 Å². The fraction of sp³-hybridized carbons (Fsp3) is 0.385. The number of rotatable bonds is 4. The van der Waals surface area contributed by atoms with Crippen LogP contribution in [-0.4, -0.2) is 21.0 Å². The van der Waals surface area contributed by atoms with Crippen molar-refractivity contribution in [1.82, 2.24) is 15.0 Å². The molecule has 0 fully saturated rings. The lowest BCUT2D eigenvalue weighted by atomic mass is 9.91. The zero-order valence-corrected chi connectivity index (χ0v) is 10.2. The van der Waals surface area contributed by atoms with Crippen LogP contribution in [0.25, 0.3) is 0 Å². The molecular weight excluding hydrogens is 212 g/mol. The Bertz CT molecular complexity index is 463. The average molecular weight is 230 g/mol. The number of nitrogens with two attached hydrogens (primary N) is 1. The second-order valence-corrected chi connectivity index (χ2v) is 4.45. The fourth-order valence-corrected chi connectivity index (χ4v) is 1.91. The van der Waals surface area contributed by atoms with Gasteiger partial charge in [-0.15, -0.1) is 5.10 Å². The molecule has 0 aliphatic heterocycles. The zero-order chi connectivity index (χ0) is 12.3. The first kappa shape index (κ1) is 11.8. The minimum absolute atomic E-state index is 0.0640. The van der Waals surface area contributed by atoms with Crippen LogP contribution in [0.5, 0.6) is 0 Å². The average Bonchev–Trinajstić information content (AvgIpc) is 2.75. The van der Waals surface area contributed by atoms with E-state index in [4.69, 9.17) is 5.73 Å². The van der Waals surface area contributed by atoms with Gasteiger partial charge in [-0.25, -0.2) is 0 Å². The second kappa shape index (κ2) is 5.10. The number of benzene rings is 1. The van der Waals surface area contributed by atoms with Crippen LogP contribution in [0.3, 0.4) is 0 Å². The number of aryl methyl sites for hydroxylation is 1. The third kappa shape index (κ3) is 2.91. The smallest absolute Gasteiger partial charge is 0.0842 e. The van der Waals surface area contributed by atoms with Crippen LogP contribution in [0.2, 0.25) is 0 Å². The molecule has 17 heavy (non-hydrogen) atoms. The van der Waals surface area contributed by atoms with Gasteiger partial charge >= 0.3 is 0 Å². The maximum atomic E-state index is 6.21. The summed E-state index contributed by atoms with van der Waals surface area (Å²) in [5.74, 6) is 0.318. The lowest BCUT2D eigenvalue weighted by Gasteiger charge is -2.19. The monoisotopic (exact) mass is 230 g/mol. The third-order valence-electron chi connectivity index (χ3n) is 3.06. The maximum Gasteiger partial charge on any atom is 0.0842 e. The molecular formula is C13H18N4. The van der Waals surface area contributed by atoms with E-state index in [9.17, 15) is 0 Å².